The molecule has 3 aromatic carbocycles. The van der Waals surface area contributed by atoms with E-state index < -0.39 is 0 Å². The number of ketones is 1. The first-order valence-corrected chi connectivity index (χ1v) is 10.4. The average Bonchev–Trinajstić information content (AvgIpc) is 2.76. The molecule has 0 spiro atoms. The lowest BCUT2D eigenvalue weighted by Gasteiger charge is -2.32. The van der Waals surface area contributed by atoms with Crippen LogP contribution in [0.2, 0.25) is 5.02 Å². The minimum absolute atomic E-state index is 0.0186. The fourth-order valence-electron chi connectivity index (χ4n) is 3.78. The Labute approximate surface area is 181 Å². The minimum atomic E-state index is -0.123. The first kappa shape index (κ1) is 20.1. The third kappa shape index (κ3) is 4.07. The topological polar surface area (TPSA) is 37.4 Å². The van der Waals surface area contributed by atoms with E-state index in [-0.39, 0.29) is 11.7 Å². The molecule has 0 bridgehead atoms. The maximum atomic E-state index is 13.5. The van der Waals surface area contributed by atoms with Gasteiger partial charge in [-0.05, 0) is 36.6 Å². The number of amides is 1. The zero-order valence-corrected chi connectivity index (χ0v) is 17.5. The number of nitrogens with zero attached hydrogens (tertiary/aromatic N) is 1. The van der Waals surface area contributed by atoms with Crippen LogP contribution in [0.3, 0.4) is 0 Å². The predicted octanol–water partition coefficient (Wildman–Crippen LogP) is 6.07. The standard InChI is InChI=1S/C26H22ClNO2/c1-18-11-13-20(14-12-18)25-22(26(30)21-9-5-6-10-23(21)27)15-16-24(29)28(25)17-19-7-3-2-4-8-19/h2-14H,15-17H2,1H3. The Bertz CT molecular complexity index is 1120. The molecule has 0 atom stereocenters. The molecule has 1 heterocycles. The van der Waals surface area contributed by atoms with Gasteiger partial charge in [-0.25, -0.2) is 0 Å². The van der Waals surface area contributed by atoms with E-state index in [0.717, 1.165) is 16.7 Å². The molecule has 0 saturated carbocycles. The Hall–Kier alpha value is -3.17. The second kappa shape index (κ2) is 8.68. The van der Waals surface area contributed by atoms with Crippen molar-refractivity contribution in [1.82, 2.24) is 4.90 Å². The summed E-state index contributed by atoms with van der Waals surface area (Å²) < 4.78 is 0. The smallest absolute Gasteiger partial charge is 0.227 e. The molecule has 3 aromatic rings. The van der Waals surface area contributed by atoms with Gasteiger partial charge in [0.2, 0.25) is 5.91 Å². The van der Waals surface area contributed by atoms with Gasteiger partial charge in [-0.3, -0.25) is 9.59 Å². The van der Waals surface area contributed by atoms with Gasteiger partial charge in [-0.2, -0.15) is 0 Å². The van der Waals surface area contributed by atoms with Crippen molar-refractivity contribution >= 4 is 29.0 Å². The quantitative estimate of drug-likeness (QED) is 0.474. The Morgan fingerprint density at radius 3 is 2.27 bits per heavy atom. The Kier molecular flexibility index (Phi) is 5.82. The van der Waals surface area contributed by atoms with Gasteiger partial charge in [-0.1, -0.05) is 83.9 Å². The molecular formula is C26H22ClNO2. The van der Waals surface area contributed by atoms with Crippen LogP contribution in [0.5, 0.6) is 0 Å². The van der Waals surface area contributed by atoms with Crippen molar-refractivity contribution in [3.63, 3.8) is 0 Å². The van der Waals surface area contributed by atoms with Crippen molar-refractivity contribution in [1.29, 1.82) is 0 Å². The van der Waals surface area contributed by atoms with Crippen molar-refractivity contribution in [3.8, 4) is 0 Å². The normalized spacial score (nSPS) is 14.2. The van der Waals surface area contributed by atoms with E-state index in [9.17, 15) is 9.59 Å². The molecule has 1 aliphatic rings. The first-order chi connectivity index (χ1) is 14.5. The summed E-state index contributed by atoms with van der Waals surface area (Å²) in [5, 5.41) is 0.421. The summed E-state index contributed by atoms with van der Waals surface area (Å²) in [5.41, 5.74) is 4.77. The zero-order chi connectivity index (χ0) is 21.1. The van der Waals surface area contributed by atoms with E-state index in [0.29, 0.717) is 41.2 Å². The maximum Gasteiger partial charge on any atom is 0.227 e. The van der Waals surface area contributed by atoms with Crippen molar-refractivity contribution in [3.05, 3.63) is 112 Å². The Morgan fingerprint density at radius 2 is 1.57 bits per heavy atom. The third-order valence-corrected chi connectivity index (χ3v) is 5.68. The summed E-state index contributed by atoms with van der Waals surface area (Å²) in [5.74, 6) is -0.105. The van der Waals surface area contributed by atoms with Crippen molar-refractivity contribution in [2.75, 3.05) is 0 Å². The van der Waals surface area contributed by atoms with Crippen molar-refractivity contribution < 1.29 is 9.59 Å². The lowest BCUT2D eigenvalue weighted by Crippen LogP contribution is -2.34. The summed E-state index contributed by atoms with van der Waals surface area (Å²) in [7, 11) is 0. The molecule has 0 N–H and O–H groups in total. The monoisotopic (exact) mass is 415 g/mol. The van der Waals surface area contributed by atoms with E-state index in [4.69, 9.17) is 11.6 Å². The van der Waals surface area contributed by atoms with Gasteiger partial charge in [0.25, 0.3) is 0 Å². The molecular weight excluding hydrogens is 394 g/mol. The highest BCUT2D eigenvalue weighted by molar-refractivity contribution is 6.35. The number of rotatable bonds is 5. The van der Waals surface area contributed by atoms with Crippen LogP contribution in [0.1, 0.15) is 39.9 Å². The predicted molar refractivity (Wildman–Crippen MR) is 120 cm³/mol. The minimum Gasteiger partial charge on any atom is -0.307 e. The number of halogens is 1. The van der Waals surface area contributed by atoms with Crippen LogP contribution >= 0.6 is 11.6 Å². The van der Waals surface area contributed by atoms with Crippen LogP contribution in [0, 0.1) is 6.92 Å². The summed E-state index contributed by atoms with van der Waals surface area (Å²) in [6.45, 7) is 2.43. The molecule has 4 heteroatoms. The molecule has 1 amide bonds. The molecule has 0 aliphatic carbocycles. The number of hydrogen-bond acceptors (Lipinski definition) is 2. The molecule has 0 fully saturated rings. The van der Waals surface area contributed by atoms with Crippen LogP contribution in [-0.2, 0) is 11.3 Å². The number of Topliss-reactive ketones (excluding diaryl/α,β-unsaturated/α-hetero) is 1. The van der Waals surface area contributed by atoms with Crippen molar-refractivity contribution in [2.45, 2.75) is 26.3 Å². The van der Waals surface area contributed by atoms with Gasteiger partial charge >= 0.3 is 0 Å². The third-order valence-electron chi connectivity index (χ3n) is 5.35. The highest BCUT2D eigenvalue weighted by Crippen LogP contribution is 2.35. The van der Waals surface area contributed by atoms with Crippen LogP contribution in [0.25, 0.3) is 5.70 Å². The first-order valence-electron chi connectivity index (χ1n) is 9.98. The fourth-order valence-corrected chi connectivity index (χ4v) is 4.00. The van der Waals surface area contributed by atoms with E-state index in [1.807, 2.05) is 61.5 Å². The molecule has 0 saturated heterocycles. The summed E-state index contributed by atoms with van der Waals surface area (Å²) in [4.78, 5) is 28.2. The molecule has 3 nitrogen and oxygen atoms in total. The fraction of sp³-hybridized carbons (Fsp3) is 0.154. The largest absolute Gasteiger partial charge is 0.307 e. The van der Waals surface area contributed by atoms with Gasteiger partial charge in [0, 0.05) is 17.6 Å². The number of carbonyl (C=O) groups is 2. The van der Waals surface area contributed by atoms with Gasteiger partial charge < -0.3 is 4.90 Å². The molecule has 150 valence electrons. The lowest BCUT2D eigenvalue weighted by atomic mass is 9.90. The maximum absolute atomic E-state index is 13.5. The number of benzene rings is 3. The van der Waals surface area contributed by atoms with Crippen LogP contribution in [0.4, 0.5) is 0 Å². The molecule has 0 unspecified atom stereocenters. The van der Waals surface area contributed by atoms with E-state index >= 15 is 0 Å². The molecule has 1 aliphatic heterocycles. The molecule has 30 heavy (non-hydrogen) atoms. The van der Waals surface area contributed by atoms with Crippen LogP contribution < -0.4 is 0 Å². The second-order valence-corrected chi connectivity index (χ2v) is 7.87. The number of aryl methyl sites for hydroxylation is 1. The molecule has 4 rings (SSSR count). The van der Waals surface area contributed by atoms with Crippen molar-refractivity contribution in [2.24, 2.45) is 0 Å². The zero-order valence-electron chi connectivity index (χ0n) is 16.8. The number of carbonyl (C=O) groups excluding carboxylic acids is 2. The van der Waals surface area contributed by atoms with Gasteiger partial charge in [0.15, 0.2) is 5.78 Å². The second-order valence-electron chi connectivity index (χ2n) is 7.47. The van der Waals surface area contributed by atoms with E-state index in [1.54, 1.807) is 29.2 Å². The SMILES string of the molecule is Cc1ccc(C2=C(C(=O)c3ccccc3Cl)CCC(=O)N2Cc2ccccc2)cc1. The van der Waals surface area contributed by atoms with Crippen LogP contribution in [0.15, 0.2) is 84.4 Å². The van der Waals surface area contributed by atoms with Gasteiger partial charge in [-0.15, -0.1) is 0 Å². The van der Waals surface area contributed by atoms with E-state index in [2.05, 4.69) is 0 Å². The summed E-state index contributed by atoms with van der Waals surface area (Å²) in [6, 6.07) is 24.9. The van der Waals surface area contributed by atoms with Crippen LogP contribution in [-0.4, -0.2) is 16.6 Å². The average molecular weight is 416 g/mol. The summed E-state index contributed by atoms with van der Waals surface area (Å²) >= 11 is 6.32. The summed E-state index contributed by atoms with van der Waals surface area (Å²) in [6.07, 6.45) is 0.700. The van der Waals surface area contributed by atoms with E-state index in [1.165, 1.54) is 0 Å². The lowest BCUT2D eigenvalue weighted by molar-refractivity contribution is -0.128. The van der Waals surface area contributed by atoms with Gasteiger partial charge in [0.05, 0.1) is 17.3 Å². The highest BCUT2D eigenvalue weighted by Gasteiger charge is 2.32. The number of hydrogen-bond donors (Lipinski definition) is 0. The molecule has 0 radical (unpaired) electrons. The Balaban J connectivity index is 1.86. The molecule has 0 aromatic heterocycles. The number of allylic oxidation sites excluding steroid dienone is 1. The van der Waals surface area contributed by atoms with Gasteiger partial charge in [0.1, 0.15) is 0 Å². The highest BCUT2D eigenvalue weighted by atomic mass is 35.5. The Morgan fingerprint density at radius 1 is 0.900 bits per heavy atom.